The molecule has 1 heterocycles. The minimum absolute atomic E-state index is 0.114. The number of carbonyl (C=O) groups is 1. The first-order chi connectivity index (χ1) is 9.16. The van der Waals surface area contributed by atoms with E-state index in [1.165, 1.54) is 11.6 Å². The molecule has 0 saturated heterocycles. The number of nitrogens with zero attached hydrogens (tertiary/aromatic N) is 2. The summed E-state index contributed by atoms with van der Waals surface area (Å²) in [4.78, 5) is 11.7. The predicted molar refractivity (Wildman–Crippen MR) is 75.9 cm³/mol. The van der Waals surface area contributed by atoms with Crippen molar-refractivity contribution in [3.8, 4) is 11.3 Å². The molecule has 4 nitrogen and oxygen atoms in total. The number of anilines is 1. The van der Waals surface area contributed by atoms with E-state index in [0.717, 1.165) is 22.2 Å². The number of nitrogen functional groups attached to an aromatic ring is 1. The number of nitrogens with two attached hydrogens (primary N) is 1. The maximum absolute atomic E-state index is 11.7. The van der Waals surface area contributed by atoms with Crippen molar-refractivity contribution in [1.29, 1.82) is 0 Å². The van der Waals surface area contributed by atoms with Gasteiger partial charge in [-0.15, -0.1) is 0 Å². The average Bonchev–Trinajstić information content (AvgIpc) is 2.78. The Kier molecular flexibility index (Phi) is 2.56. The number of benzene rings is 2. The Hall–Kier alpha value is -2.62. The van der Waals surface area contributed by atoms with Crippen LogP contribution in [0.3, 0.4) is 0 Å². The molecular weight excluding hydrogens is 238 g/mol. The first-order valence-electron chi connectivity index (χ1n) is 6.01. The van der Waals surface area contributed by atoms with Crippen LogP contribution < -0.4 is 5.73 Å². The fraction of sp³-hybridized carbons (Fsp3) is 0.0667. The third-order valence-electron chi connectivity index (χ3n) is 3.05. The first-order valence-corrected chi connectivity index (χ1v) is 6.01. The highest BCUT2D eigenvalue weighted by atomic mass is 16.2. The zero-order valence-electron chi connectivity index (χ0n) is 10.5. The Morgan fingerprint density at radius 1 is 1.16 bits per heavy atom. The largest absolute Gasteiger partial charge is 0.399 e. The van der Waals surface area contributed by atoms with Gasteiger partial charge < -0.3 is 5.73 Å². The number of fused-ring (bicyclic) bond motifs is 1. The molecule has 0 fully saturated rings. The Morgan fingerprint density at radius 2 is 1.89 bits per heavy atom. The molecule has 0 aliphatic rings. The maximum Gasteiger partial charge on any atom is 0.244 e. The van der Waals surface area contributed by atoms with E-state index in [0.29, 0.717) is 5.69 Å². The lowest BCUT2D eigenvalue weighted by molar-refractivity contribution is 0.0927. The molecule has 0 saturated carbocycles. The SMILES string of the molecule is CC(=O)n1nc(-c2ccccc2)c2cc(N)ccc21. The molecular formula is C15H13N3O. The van der Waals surface area contributed by atoms with Crippen LogP contribution in [-0.4, -0.2) is 15.7 Å². The highest BCUT2D eigenvalue weighted by Crippen LogP contribution is 2.29. The lowest BCUT2D eigenvalue weighted by Gasteiger charge is -1.98. The minimum Gasteiger partial charge on any atom is -0.399 e. The number of aromatic nitrogens is 2. The third kappa shape index (κ3) is 1.87. The highest BCUT2D eigenvalue weighted by Gasteiger charge is 2.14. The third-order valence-corrected chi connectivity index (χ3v) is 3.05. The van der Waals surface area contributed by atoms with Crippen molar-refractivity contribution in [1.82, 2.24) is 9.78 Å². The van der Waals surface area contributed by atoms with Gasteiger partial charge in [0.25, 0.3) is 0 Å². The van der Waals surface area contributed by atoms with E-state index >= 15 is 0 Å². The highest BCUT2D eigenvalue weighted by molar-refractivity contribution is 5.99. The first kappa shape index (κ1) is 11.5. The fourth-order valence-corrected chi connectivity index (χ4v) is 2.19. The van der Waals surface area contributed by atoms with Crippen LogP contribution in [0.25, 0.3) is 22.2 Å². The van der Waals surface area contributed by atoms with E-state index < -0.39 is 0 Å². The van der Waals surface area contributed by atoms with E-state index in [9.17, 15) is 4.79 Å². The van der Waals surface area contributed by atoms with Crippen LogP contribution >= 0.6 is 0 Å². The van der Waals surface area contributed by atoms with Gasteiger partial charge in [0.1, 0.15) is 5.69 Å². The maximum atomic E-state index is 11.7. The van der Waals surface area contributed by atoms with Gasteiger partial charge in [0.05, 0.1) is 5.52 Å². The fourth-order valence-electron chi connectivity index (χ4n) is 2.19. The quantitative estimate of drug-likeness (QED) is 0.676. The van der Waals surface area contributed by atoms with E-state index in [1.54, 1.807) is 6.07 Å². The van der Waals surface area contributed by atoms with Gasteiger partial charge in [0.2, 0.25) is 5.91 Å². The summed E-state index contributed by atoms with van der Waals surface area (Å²) in [6.45, 7) is 1.50. The number of rotatable bonds is 1. The van der Waals surface area contributed by atoms with Crippen LogP contribution in [0, 0.1) is 0 Å². The molecule has 2 aromatic carbocycles. The topological polar surface area (TPSA) is 60.9 Å². The van der Waals surface area contributed by atoms with E-state index in [1.807, 2.05) is 42.5 Å². The van der Waals surface area contributed by atoms with E-state index in [2.05, 4.69) is 5.10 Å². The van der Waals surface area contributed by atoms with Gasteiger partial charge in [-0.2, -0.15) is 9.78 Å². The second-order valence-corrected chi connectivity index (χ2v) is 4.42. The summed E-state index contributed by atoms with van der Waals surface area (Å²) < 4.78 is 1.41. The van der Waals surface area contributed by atoms with Gasteiger partial charge in [-0.05, 0) is 18.2 Å². The molecule has 0 aliphatic carbocycles. The smallest absolute Gasteiger partial charge is 0.244 e. The van der Waals surface area contributed by atoms with Crippen molar-refractivity contribution in [2.75, 3.05) is 5.73 Å². The van der Waals surface area contributed by atoms with Crippen molar-refractivity contribution in [2.45, 2.75) is 6.92 Å². The molecule has 4 heteroatoms. The van der Waals surface area contributed by atoms with Gasteiger partial charge in [-0.3, -0.25) is 4.79 Å². The Bertz CT molecular complexity index is 760. The van der Waals surface area contributed by atoms with Gasteiger partial charge in [-0.1, -0.05) is 30.3 Å². The number of hydrogen-bond donors (Lipinski definition) is 1. The van der Waals surface area contributed by atoms with Crippen molar-refractivity contribution in [3.05, 3.63) is 48.5 Å². The molecule has 0 bridgehead atoms. The summed E-state index contributed by atoms with van der Waals surface area (Å²) in [7, 11) is 0. The van der Waals surface area contributed by atoms with Gasteiger partial charge in [0, 0.05) is 23.6 Å². The molecule has 0 amide bonds. The minimum atomic E-state index is -0.114. The normalized spacial score (nSPS) is 10.8. The zero-order chi connectivity index (χ0) is 13.4. The number of carbonyl (C=O) groups excluding carboxylic acids is 1. The van der Waals surface area contributed by atoms with Crippen LogP contribution in [0.4, 0.5) is 5.69 Å². The lowest BCUT2D eigenvalue weighted by Crippen LogP contribution is -2.07. The summed E-state index contributed by atoms with van der Waals surface area (Å²) in [6.07, 6.45) is 0. The average molecular weight is 251 g/mol. The molecule has 1 aromatic heterocycles. The summed E-state index contributed by atoms with van der Waals surface area (Å²) in [5.74, 6) is -0.114. The van der Waals surface area contributed by atoms with Crippen LogP contribution in [0.1, 0.15) is 11.7 Å². The van der Waals surface area contributed by atoms with Gasteiger partial charge >= 0.3 is 0 Å². The second kappa shape index (κ2) is 4.24. The van der Waals surface area contributed by atoms with E-state index in [-0.39, 0.29) is 5.91 Å². The summed E-state index contributed by atoms with van der Waals surface area (Å²) in [5, 5.41) is 5.30. The molecule has 2 N–H and O–H groups in total. The Balaban J connectivity index is 2.36. The van der Waals surface area contributed by atoms with Gasteiger partial charge in [0.15, 0.2) is 0 Å². The molecule has 94 valence electrons. The van der Waals surface area contributed by atoms with Crippen LogP contribution in [0.5, 0.6) is 0 Å². The van der Waals surface area contributed by atoms with Crippen molar-refractivity contribution in [3.63, 3.8) is 0 Å². The molecule has 3 rings (SSSR count). The monoisotopic (exact) mass is 251 g/mol. The summed E-state index contributed by atoms with van der Waals surface area (Å²) in [5.41, 5.74) is 9.02. The van der Waals surface area contributed by atoms with Crippen LogP contribution in [-0.2, 0) is 0 Å². The number of hydrogen-bond acceptors (Lipinski definition) is 3. The second-order valence-electron chi connectivity index (χ2n) is 4.42. The predicted octanol–water partition coefficient (Wildman–Crippen LogP) is 2.95. The Morgan fingerprint density at radius 3 is 2.58 bits per heavy atom. The molecule has 0 unspecified atom stereocenters. The summed E-state index contributed by atoms with van der Waals surface area (Å²) in [6, 6.07) is 15.2. The molecule has 0 atom stereocenters. The molecule has 3 aromatic rings. The zero-order valence-corrected chi connectivity index (χ0v) is 10.5. The van der Waals surface area contributed by atoms with Crippen molar-refractivity contribution >= 4 is 22.5 Å². The van der Waals surface area contributed by atoms with Crippen LogP contribution in [0.15, 0.2) is 48.5 Å². The van der Waals surface area contributed by atoms with Crippen molar-refractivity contribution < 1.29 is 4.79 Å². The molecule has 19 heavy (non-hydrogen) atoms. The molecule has 0 spiro atoms. The van der Waals surface area contributed by atoms with E-state index in [4.69, 9.17) is 5.73 Å². The molecule has 0 aliphatic heterocycles. The van der Waals surface area contributed by atoms with Crippen LogP contribution in [0.2, 0.25) is 0 Å². The van der Waals surface area contributed by atoms with Gasteiger partial charge in [-0.25, -0.2) is 0 Å². The summed E-state index contributed by atoms with van der Waals surface area (Å²) >= 11 is 0. The lowest BCUT2D eigenvalue weighted by atomic mass is 10.1. The van der Waals surface area contributed by atoms with Crippen molar-refractivity contribution in [2.24, 2.45) is 0 Å². The Labute approximate surface area is 110 Å². The standard InChI is InChI=1S/C15H13N3O/c1-10(19)18-14-8-7-12(16)9-13(14)15(17-18)11-5-3-2-4-6-11/h2-9H,16H2,1H3. The molecule has 0 radical (unpaired) electrons.